The molecule has 0 saturated carbocycles. The van der Waals surface area contributed by atoms with E-state index in [9.17, 15) is 8.42 Å². The molecule has 29 heavy (non-hydrogen) atoms. The molecule has 0 amide bonds. The van der Waals surface area contributed by atoms with E-state index >= 15 is 0 Å². The molecule has 0 aliphatic rings. The van der Waals surface area contributed by atoms with Crippen LogP contribution in [0, 0.1) is 0 Å². The number of benzene rings is 3. The highest BCUT2D eigenvalue weighted by Gasteiger charge is 2.25. The largest absolute Gasteiger partial charge is 0.436 e. The molecule has 0 aliphatic carbocycles. The van der Waals surface area contributed by atoms with E-state index in [2.05, 4.69) is 4.98 Å². The van der Waals surface area contributed by atoms with Gasteiger partial charge < -0.3 is 8.60 Å². The molecule has 4 rings (SSSR count). The Morgan fingerprint density at radius 2 is 1.62 bits per heavy atom. The van der Waals surface area contributed by atoms with E-state index in [0.717, 1.165) is 0 Å². The third-order valence-corrected chi connectivity index (χ3v) is 6.59. The average Bonchev–Trinajstić information content (AvgIpc) is 3.06. The number of fused-ring (bicyclic) bond motifs is 1. The highest BCUT2D eigenvalue weighted by atomic mass is 35.5. The maximum Gasteiger partial charge on any atom is 0.340 e. The first-order chi connectivity index (χ1) is 13.7. The average molecular weight is 489 g/mol. The number of halogens is 4. The number of oxazole rings is 1. The van der Waals surface area contributed by atoms with E-state index in [1.807, 2.05) is 0 Å². The van der Waals surface area contributed by atoms with Crippen LogP contribution < -0.4 is 4.18 Å². The van der Waals surface area contributed by atoms with Crippen molar-refractivity contribution >= 4 is 67.6 Å². The normalized spacial score (nSPS) is 11.7. The summed E-state index contributed by atoms with van der Waals surface area (Å²) in [6.45, 7) is 0. The lowest BCUT2D eigenvalue weighted by molar-refractivity contribution is 0.485. The summed E-state index contributed by atoms with van der Waals surface area (Å²) >= 11 is 24.0. The number of aromatic nitrogens is 1. The monoisotopic (exact) mass is 487 g/mol. The Kier molecular flexibility index (Phi) is 5.40. The van der Waals surface area contributed by atoms with Crippen molar-refractivity contribution in [3.8, 4) is 17.2 Å². The van der Waals surface area contributed by atoms with Gasteiger partial charge in [-0.2, -0.15) is 8.42 Å². The molecule has 0 unspecified atom stereocenters. The van der Waals surface area contributed by atoms with Crippen molar-refractivity contribution in [1.82, 2.24) is 4.98 Å². The second kappa shape index (κ2) is 7.70. The van der Waals surface area contributed by atoms with Crippen LogP contribution >= 0.6 is 46.4 Å². The van der Waals surface area contributed by atoms with Gasteiger partial charge in [0, 0.05) is 16.1 Å². The van der Waals surface area contributed by atoms with Crippen LogP contribution in [0.2, 0.25) is 20.1 Å². The van der Waals surface area contributed by atoms with Crippen LogP contribution in [0.25, 0.3) is 22.6 Å². The van der Waals surface area contributed by atoms with Gasteiger partial charge in [0.2, 0.25) is 5.89 Å². The third kappa shape index (κ3) is 4.04. The van der Waals surface area contributed by atoms with Crippen molar-refractivity contribution < 1.29 is 17.0 Å². The Balaban J connectivity index is 1.82. The molecule has 0 radical (unpaired) electrons. The van der Waals surface area contributed by atoms with Crippen molar-refractivity contribution in [2.45, 2.75) is 4.90 Å². The van der Waals surface area contributed by atoms with Crippen LogP contribution in [-0.2, 0) is 10.1 Å². The first kappa shape index (κ1) is 20.3. The summed E-state index contributed by atoms with van der Waals surface area (Å²) in [6.07, 6.45) is 0. The van der Waals surface area contributed by atoms with Crippen LogP contribution in [0.5, 0.6) is 5.75 Å². The fourth-order valence-corrected chi connectivity index (χ4v) is 4.60. The minimum absolute atomic E-state index is 0.0776. The molecule has 148 valence electrons. The molecule has 0 saturated heterocycles. The molecule has 0 aliphatic heterocycles. The van der Waals surface area contributed by atoms with Crippen LogP contribution in [0.4, 0.5) is 0 Å². The van der Waals surface area contributed by atoms with Crippen LogP contribution in [0.1, 0.15) is 0 Å². The predicted octanol–water partition coefficient (Wildman–Crippen LogP) is 6.88. The molecule has 0 bridgehead atoms. The number of rotatable bonds is 4. The summed E-state index contributed by atoms with van der Waals surface area (Å²) in [5, 5.41) is 0.686. The fraction of sp³-hybridized carbons (Fsp3) is 0. The molecule has 10 heteroatoms. The Labute approximate surface area is 185 Å². The number of nitrogens with zero attached hydrogens (tertiary/aromatic N) is 1. The highest BCUT2D eigenvalue weighted by Crippen LogP contribution is 2.37. The lowest BCUT2D eigenvalue weighted by Gasteiger charge is -2.11. The van der Waals surface area contributed by atoms with Gasteiger partial charge in [-0.05, 0) is 42.5 Å². The summed E-state index contributed by atoms with van der Waals surface area (Å²) < 4.78 is 36.7. The molecule has 0 N–H and O–H groups in total. The van der Waals surface area contributed by atoms with Crippen molar-refractivity contribution in [3.05, 3.63) is 74.7 Å². The Morgan fingerprint density at radius 1 is 0.897 bits per heavy atom. The zero-order valence-corrected chi connectivity index (χ0v) is 18.0. The number of hydrogen-bond donors (Lipinski definition) is 0. The van der Waals surface area contributed by atoms with Gasteiger partial charge in [-0.25, -0.2) is 4.98 Å². The predicted molar refractivity (Wildman–Crippen MR) is 114 cm³/mol. The first-order valence-electron chi connectivity index (χ1n) is 7.99. The van der Waals surface area contributed by atoms with Gasteiger partial charge in [-0.3, -0.25) is 0 Å². The van der Waals surface area contributed by atoms with Crippen LogP contribution in [0.15, 0.2) is 63.9 Å². The van der Waals surface area contributed by atoms with Gasteiger partial charge in [0.05, 0.1) is 15.6 Å². The maximum absolute atomic E-state index is 12.8. The quantitative estimate of drug-likeness (QED) is 0.293. The summed E-state index contributed by atoms with van der Waals surface area (Å²) in [6, 6.07) is 13.6. The van der Waals surface area contributed by atoms with Gasteiger partial charge in [0.1, 0.15) is 10.4 Å². The summed E-state index contributed by atoms with van der Waals surface area (Å²) in [5.74, 6) is 0.0625. The molecule has 1 heterocycles. The van der Waals surface area contributed by atoms with Gasteiger partial charge in [-0.1, -0.05) is 52.5 Å². The van der Waals surface area contributed by atoms with E-state index in [1.54, 1.807) is 30.3 Å². The molecule has 4 aromatic rings. The van der Waals surface area contributed by atoms with Crippen molar-refractivity contribution in [2.24, 2.45) is 0 Å². The lowest BCUT2D eigenvalue weighted by atomic mass is 10.2. The minimum Gasteiger partial charge on any atom is -0.436 e. The van der Waals surface area contributed by atoms with Gasteiger partial charge in [-0.15, -0.1) is 0 Å². The minimum atomic E-state index is -4.32. The zero-order chi connectivity index (χ0) is 20.8. The fourth-order valence-electron chi connectivity index (χ4n) is 2.60. The zero-order valence-electron chi connectivity index (χ0n) is 14.2. The smallest absolute Gasteiger partial charge is 0.340 e. The molecule has 0 atom stereocenters. The second-order valence-corrected chi connectivity index (χ2v) is 9.03. The Bertz CT molecular complexity index is 1350. The summed E-state index contributed by atoms with van der Waals surface area (Å²) in [7, 11) is -4.32. The number of hydrogen-bond acceptors (Lipinski definition) is 5. The van der Waals surface area contributed by atoms with Crippen molar-refractivity contribution in [3.63, 3.8) is 0 Å². The summed E-state index contributed by atoms with van der Waals surface area (Å²) in [4.78, 5) is 4.08. The van der Waals surface area contributed by atoms with Crippen molar-refractivity contribution in [2.75, 3.05) is 0 Å². The summed E-state index contributed by atoms with van der Waals surface area (Å²) in [5.41, 5.74) is 1.27. The highest BCUT2D eigenvalue weighted by molar-refractivity contribution is 7.87. The first-order valence-corrected chi connectivity index (χ1v) is 10.9. The topological polar surface area (TPSA) is 69.4 Å². The molecule has 1 aromatic heterocycles. The molecule has 0 fully saturated rings. The van der Waals surface area contributed by atoms with Gasteiger partial charge in [0.25, 0.3) is 0 Å². The second-order valence-electron chi connectivity index (χ2n) is 5.86. The van der Waals surface area contributed by atoms with Crippen LogP contribution in [0.3, 0.4) is 0 Å². The molecule has 3 aromatic carbocycles. The Hall–Kier alpha value is -1.96. The SMILES string of the molecule is O=S(=O)(Oc1cc(Cl)ccc1-c1nc2cc(Cl)ccc2o1)c1cccc(Cl)c1Cl. The van der Waals surface area contributed by atoms with E-state index in [-0.39, 0.29) is 37.2 Å². The maximum atomic E-state index is 12.8. The van der Waals surface area contributed by atoms with Gasteiger partial charge in [0.15, 0.2) is 11.3 Å². The molecule has 0 spiro atoms. The molecular formula is C19H9Cl4NO4S. The van der Waals surface area contributed by atoms with E-state index < -0.39 is 10.1 Å². The molecule has 5 nitrogen and oxygen atoms in total. The van der Waals surface area contributed by atoms with E-state index in [4.69, 9.17) is 55.0 Å². The molecular weight excluding hydrogens is 480 g/mol. The van der Waals surface area contributed by atoms with Gasteiger partial charge >= 0.3 is 10.1 Å². The standard InChI is InChI=1S/C19H9Cl4NO4S/c20-10-5-7-15-14(8-10)24-19(27-15)12-6-4-11(21)9-16(12)28-29(25,26)17-3-1-2-13(22)18(17)23/h1-9H. The third-order valence-electron chi connectivity index (χ3n) is 3.91. The van der Waals surface area contributed by atoms with E-state index in [0.29, 0.717) is 16.1 Å². The van der Waals surface area contributed by atoms with E-state index in [1.165, 1.54) is 24.3 Å². The lowest BCUT2D eigenvalue weighted by Crippen LogP contribution is -2.11. The van der Waals surface area contributed by atoms with Crippen molar-refractivity contribution in [1.29, 1.82) is 0 Å². The Morgan fingerprint density at radius 3 is 2.41 bits per heavy atom. The van der Waals surface area contributed by atoms with Crippen LogP contribution in [-0.4, -0.2) is 13.4 Å².